The number of morpholine rings is 1. The van der Waals surface area contributed by atoms with Gasteiger partial charge in [0.2, 0.25) is 17.8 Å². The molecule has 1 aromatic heterocycles. The van der Waals surface area contributed by atoms with Gasteiger partial charge in [0.25, 0.3) is 0 Å². The molecule has 2 aromatic carbocycles. The number of nitrogens with zero attached hydrogens (tertiary/aromatic N) is 4. The van der Waals surface area contributed by atoms with E-state index in [9.17, 15) is 4.39 Å². The maximum absolute atomic E-state index is 13.2. The number of hydrogen-bond acceptors (Lipinski definition) is 7. The van der Waals surface area contributed by atoms with Gasteiger partial charge in [0.15, 0.2) is 0 Å². The Kier molecular flexibility index (Phi) is 7.02. The van der Waals surface area contributed by atoms with E-state index in [1.165, 1.54) is 12.1 Å². The second kappa shape index (κ2) is 9.69. The molecule has 1 aliphatic heterocycles. The van der Waals surface area contributed by atoms with Crippen molar-refractivity contribution in [2.75, 3.05) is 41.8 Å². The normalized spacial score (nSPS) is 13.5. The molecule has 7 nitrogen and oxygen atoms in total. The van der Waals surface area contributed by atoms with Gasteiger partial charge in [0.1, 0.15) is 5.82 Å². The molecule has 3 aromatic rings. The minimum Gasteiger partial charge on any atom is -0.378 e. The van der Waals surface area contributed by atoms with Crippen molar-refractivity contribution >= 4 is 41.6 Å². The highest BCUT2D eigenvalue weighted by molar-refractivity contribution is 5.85. The number of halogens is 2. The maximum Gasteiger partial charge on any atom is 0.233 e. The van der Waals surface area contributed by atoms with E-state index >= 15 is 0 Å². The summed E-state index contributed by atoms with van der Waals surface area (Å²) >= 11 is 0. The molecular formula is C21H24ClFN6O. The van der Waals surface area contributed by atoms with Crippen molar-refractivity contribution in [1.29, 1.82) is 0 Å². The predicted octanol–water partition coefficient (Wildman–Crippen LogP) is 4.37. The lowest BCUT2D eigenvalue weighted by Crippen LogP contribution is -2.37. The van der Waals surface area contributed by atoms with E-state index < -0.39 is 0 Å². The summed E-state index contributed by atoms with van der Waals surface area (Å²) in [5.41, 5.74) is 3.91. The Morgan fingerprint density at radius 3 is 2.00 bits per heavy atom. The third-order valence-corrected chi connectivity index (χ3v) is 4.50. The molecule has 0 radical (unpaired) electrons. The molecule has 30 heavy (non-hydrogen) atoms. The zero-order valence-corrected chi connectivity index (χ0v) is 17.7. The van der Waals surface area contributed by atoms with Gasteiger partial charge in [-0.25, -0.2) is 4.39 Å². The van der Waals surface area contributed by atoms with Gasteiger partial charge in [0.05, 0.1) is 13.2 Å². The summed E-state index contributed by atoms with van der Waals surface area (Å²) in [6.07, 6.45) is 0. The molecule has 0 unspecified atom stereocenters. The average molecular weight is 431 g/mol. The van der Waals surface area contributed by atoms with E-state index in [-0.39, 0.29) is 18.2 Å². The van der Waals surface area contributed by atoms with E-state index in [2.05, 4.69) is 36.6 Å². The summed E-state index contributed by atoms with van der Waals surface area (Å²) < 4.78 is 18.6. The van der Waals surface area contributed by atoms with Crippen LogP contribution in [-0.4, -0.2) is 41.3 Å². The van der Waals surface area contributed by atoms with Crippen molar-refractivity contribution < 1.29 is 9.13 Å². The topological polar surface area (TPSA) is 75.2 Å². The molecule has 1 fully saturated rings. The van der Waals surface area contributed by atoms with E-state index in [1.807, 2.05) is 26.0 Å². The van der Waals surface area contributed by atoms with Crippen molar-refractivity contribution in [3.8, 4) is 0 Å². The first kappa shape index (κ1) is 21.7. The van der Waals surface area contributed by atoms with Crippen LogP contribution in [0.2, 0.25) is 0 Å². The van der Waals surface area contributed by atoms with Crippen LogP contribution in [0.5, 0.6) is 0 Å². The minimum atomic E-state index is -0.294. The van der Waals surface area contributed by atoms with Gasteiger partial charge in [-0.15, -0.1) is 12.4 Å². The Morgan fingerprint density at radius 1 is 0.833 bits per heavy atom. The number of nitrogens with one attached hydrogen (secondary N) is 2. The summed E-state index contributed by atoms with van der Waals surface area (Å²) in [7, 11) is 0. The van der Waals surface area contributed by atoms with Gasteiger partial charge in [-0.1, -0.05) is 6.07 Å². The summed E-state index contributed by atoms with van der Waals surface area (Å²) in [5, 5.41) is 6.41. The lowest BCUT2D eigenvalue weighted by molar-refractivity contribution is 0.122. The Bertz CT molecular complexity index is 975. The van der Waals surface area contributed by atoms with Crippen LogP contribution < -0.4 is 15.5 Å². The molecule has 0 bridgehead atoms. The fourth-order valence-electron chi connectivity index (χ4n) is 3.22. The highest BCUT2D eigenvalue weighted by Gasteiger charge is 2.17. The van der Waals surface area contributed by atoms with Crippen molar-refractivity contribution in [2.24, 2.45) is 0 Å². The zero-order chi connectivity index (χ0) is 20.2. The summed E-state index contributed by atoms with van der Waals surface area (Å²) in [6.45, 7) is 6.78. The maximum atomic E-state index is 13.2. The average Bonchev–Trinajstić information content (AvgIpc) is 2.69. The lowest BCUT2D eigenvalue weighted by Gasteiger charge is -2.27. The fraction of sp³-hybridized carbons (Fsp3) is 0.286. The molecule has 1 aliphatic rings. The largest absolute Gasteiger partial charge is 0.378 e. The molecule has 4 rings (SSSR count). The van der Waals surface area contributed by atoms with Crippen LogP contribution in [0.3, 0.4) is 0 Å². The van der Waals surface area contributed by atoms with Crippen LogP contribution in [0.4, 0.5) is 33.6 Å². The molecule has 0 spiro atoms. The third kappa shape index (κ3) is 5.55. The number of ether oxygens (including phenoxy) is 1. The van der Waals surface area contributed by atoms with Crippen LogP contribution in [0.25, 0.3) is 0 Å². The summed E-state index contributed by atoms with van der Waals surface area (Å²) in [6, 6.07) is 12.3. The van der Waals surface area contributed by atoms with Crippen molar-refractivity contribution in [1.82, 2.24) is 15.0 Å². The summed E-state index contributed by atoms with van der Waals surface area (Å²) in [5.74, 6) is 1.10. The molecule has 0 atom stereocenters. The van der Waals surface area contributed by atoms with Gasteiger partial charge >= 0.3 is 0 Å². The first-order chi connectivity index (χ1) is 14.0. The quantitative estimate of drug-likeness (QED) is 0.622. The molecule has 158 valence electrons. The number of rotatable bonds is 5. The number of anilines is 5. The van der Waals surface area contributed by atoms with Crippen LogP contribution in [-0.2, 0) is 4.74 Å². The highest BCUT2D eigenvalue weighted by Crippen LogP contribution is 2.22. The molecule has 1 saturated heterocycles. The molecule has 9 heteroatoms. The smallest absolute Gasteiger partial charge is 0.233 e. The molecule has 2 heterocycles. The number of aryl methyl sites for hydroxylation is 2. The van der Waals surface area contributed by atoms with Crippen LogP contribution >= 0.6 is 12.4 Å². The Labute approximate surface area is 181 Å². The third-order valence-electron chi connectivity index (χ3n) is 4.50. The van der Waals surface area contributed by atoms with Crippen molar-refractivity contribution in [3.05, 3.63) is 59.4 Å². The molecule has 0 aliphatic carbocycles. The monoisotopic (exact) mass is 430 g/mol. The second-order valence-electron chi connectivity index (χ2n) is 7.02. The van der Waals surface area contributed by atoms with Crippen molar-refractivity contribution in [2.45, 2.75) is 13.8 Å². The van der Waals surface area contributed by atoms with Gasteiger partial charge in [-0.05, 0) is 61.4 Å². The van der Waals surface area contributed by atoms with Gasteiger partial charge < -0.3 is 20.3 Å². The van der Waals surface area contributed by atoms with E-state index in [1.54, 1.807) is 12.1 Å². The molecule has 0 saturated carbocycles. The highest BCUT2D eigenvalue weighted by atomic mass is 35.5. The second-order valence-corrected chi connectivity index (χ2v) is 7.02. The molecule has 0 amide bonds. The first-order valence-corrected chi connectivity index (χ1v) is 9.52. The van der Waals surface area contributed by atoms with Crippen LogP contribution in [0, 0.1) is 19.7 Å². The fourth-order valence-corrected chi connectivity index (χ4v) is 3.22. The Hall–Kier alpha value is -2.97. The summed E-state index contributed by atoms with van der Waals surface area (Å²) in [4.78, 5) is 15.7. The Morgan fingerprint density at radius 2 is 1.40 bits per heavy atom. The standard InChI is InChI=1S/C21H23FN6O.ClH/c1-14-11-15(2)13-18(12-14)24-20-25-19(23-17-5-3-16(22)4-6-17)26-21(27-20)28-7-9-29-10-8-28;/h3-6,11-13H,7-10H2,1-2H3,(H2,23,24,25,26,27);1H. The number of aromatic nitrogens is 3. The molecular weight excluding hydrogens is 407 g/mol. The minimum absolute atomic E-state index is 0. The van der Waals surface area contributed by atoms with Crippen LogP contribution in [0.15, 0.2) is 42.5 Å². The lowest BCUT2D eigenvalue weighted by atomic mass is 10.1. The first-order valence-electron chi connectivity index (χ1n) is 9.52. The molecule has 2 N–H and O–H groups in total. The van der Waals surface area contributed by atoms with E-state index in [0.717, 1.165) is 16.8 Å². The van der Waals surface area contributed by atoms with Gasteiger partial charge in [0, 0.05) is 24.5 Å². The van der Waals surface area contributed by atoms with Gasteiger partial charge in [-0.2, -0.15) is 15.0 Å². The van der Waals surface area contributed by atoms with E-state index in [0.29, 0.717) is 49.8 Å². The SMILES string of the molecule is Cc1cc(C)cc(Nc2nc(Nc3ccc(F)cc3)nc(N3CCOCC3)n2)c1.Cl. The predicted molar refractivity (Wildman–Crippen MR) is 119 cm³/mol. The van der Waals surface area contributed by atoms with Crippen LogP contribution in [0.1, 0.15) is 11.1 Å². The van der Waals surface area contributed by atoms with E-state index in [4.69, 9.17) is 4.74 Å². The van der Waals surface area contributed by atoms with Crippen molar-refractivity contribution in [3.63, 3.8) is 0 Å². The Balaban J connectivity index is 0.00000256. The zero-order valence-electron chi connectivity index (χ0n) is 16.9. The number of benzene rings is 2. The van der Waals surface area contributed by atoms with Gasteiger partial charge in [-0.3, -0.25) is 0 Å². The number of hydrogen-bond donors (Lipinski definition) is 2.